The van der Waals surface area contributed by atoms with Crippen LogP contribution in [-0.4, -0.2) is 31.3 Å². The molecular weight excluding hydrogens is 334 g/mol. The van der Waals surface area contributed by atoms with E-state index in [4.69, 9.17) is 18.9 Å². The monoisotopic (exact) mass is 349 g/mol. The van der Waals surface area contributed by atoms with Crippen molar-refractivity contribution in [3.05, 3.63) is 52.6 Å². The maximum absolute atomic E-state index is 13.8. The molecule has 4 aliphatic rings. The molecule has 0 N–H and O–H groups in total. The van der Waals surface area contributed by atoms with Crippen molar-refractivity contribution in [2.75, 3.05) is 20.6 Å². The van der Waals surface area contributed by atoms with E-state index >= 15 is 0 Å². The number of rotatable bonds is 0. The third-order valence-corrected chi connectivity index (χ3v) is 5.67. The second kappa shape index (κ2) is 4.59. The van der Waals surface area contributed by atoms with Crippen LogP contribution in [0.4, 0.5) is 0 Å². The summed E-state index contributed by atoms with van der Waals surface area (Å²) in [5, 5.41) is 0. The summed E-state index contributed by atoms with van der Waals surface area (Å²) in [6.45, 7) is 0.989. The van der Waals surface area contributed by atoms with E-state index in [2.05, 4.69) is 4.90 Å². The van der Waals surface area contributed by atoms with E-state index < -0.39 is 5.54 Å². The highest BCUT2D eigenvalue weighted by atomic mass is 16.7. The number of ether oxygens (including phenoxy) is 4. The first-order chi connectivity index (χ1) is 12.7. The van der Waals surface area contributed by atoms with Gasteiger partial charge >= 0.3 is 0 Å². The van der Waals surface area contributed by atoms with Crippen molar-refractivity contribution in [3.8, 4) is 23.0 Å². The summed E-state index contributed by atoms with van der Waals surface area (Å²) >= 11 is 0. The van der Waals surface area contributed by atoms with Crippen LogP contribution in [0.5, 0.6) is 23.0 Å². The van der Waals surface area contributed by atoms with E-state index in [1.54, 1.807) is 0 Å². The Balaban J connectivity index is 1.59. The van der Waals surface area contributed by atoms with Crippen molar-refractivity contribution in [2.24, 2.45) is 0 Å². The lowest BCUT2D eigenvalue weighted by molar-refractivity contribution is 0.0669. The van der Waals surface area contributed by atoms with Gasteiger partial charge in [0.15, 0.2) is 28.8 Å². The third-order valence-electron chi connectivity index (χ3n) is 5.67. The van der Waals surface area contributed by atoms with E-state index in [1.165, 1.54) is 0 Å². The van der Waals surface area contributed by atoms with Crippen LogP contribution in [0.25, 0.3) is 6.08 Å². The number of carbonyl (C=O) groups is 1. The van der Waals surface area contributed by atoms with Crippen LogP contribution in [0, 0.1) is 0 Å². The fourth-order valence-corrected chi connectivity index (χ4v) is 4.39. The Labute approximate surface area is 149 Å². The molecule has 1 spiro atoms. The zero-order chi connectivity index (χ0) is 17.5. The molecule has 1 atom stereocenters. The number of ketones is 1. The van der Waals surface area contributed by atoms with Gasteiger partial charge in [-0.3, -0.25) is 9.69 Å². The second-order valence-electron chi connectivity index (χ2n) is 6.91. The Bertz CT molecular complexity index is 1030. The number of Topliss-reactive ketones (excluding diaryl/α,β-unsaturated/α-hetero) is 1. The molecule has 26 heavy (non-hydrogen) atoms. The largest absolute Gasteiger partial charge is 0.454 e. The number of hydrogen-bond acceptors (Lipinski definition) is 6. The summed E-state index contributed by atoms with van der Waals surface area (Å²) in [4.78, 5) is 15.8. The first kappa shape index (κ1) is 14.2. The van der Waals surface area contributed by atoms with Crippen LogP contribution >= 0.6 is 0 Å². The lowest BCUT2D eigenvalue weighted by Crippen LogP contribution is -2.51. The summed E-state index contributed by atoms with van der Waals surface area (Å²) in [6, 6.07) is 7.69. The predicted octanol–water partition coefficient (Wildman–Crippen LogP) is 2.69. The first-order valence-electron chi connectivity index (χ1n) is 8.49. The summed E-state index contributed by atoms with van der Waals surface area (Å²) < 4.78 is 22.1. The van der Waals surface area contributed by atoms with Gasteiger partial charge in [0.2, 0.25) is 13.6 Å². The Morgan fingerprint density at radius 1 is 1.00 bits per heavy atom. The second-order valence-corrected chi connectivity index (χ2v) is 6.91. The topological polar surface area (TPSA) is 57.2 Å². The minimum absolute atomic E-state index is 0.00235. The molecule has 1 aliphatic carbocycles. The Hall–Kier alpha value is -2.99. The van der Waals surface area contributed by atoms with E-state index in [0.717, 1.165) is 22.4 Å². The standard InChI is InChI=1S/C20H15NO5/c1-21-8-12-2-3-14-18(26-10-23-14)17(12)19(22)20(21)5-4-11-6-15-16(7-13(11)20)25-9-24-15/h2-7H,8-10H2,1H3. The van der Waals surface area contributed by atoms with Crippen LogP contribution in [0.3, 0.4) is 0 Å². The minimum Gasteiger partial charge on any atom is -0.454 e. The van der Waals surface area contributed by atoms with Crippen LogP contribution < -0.4 is 18.9 Å². The predicted molar refractivity (Wildman–Crippen MR) is 91.6 cm³/mol. The maximum atomic E-state index is 13.8. The zero-order valence-electron chi connectivity index (χ0n) is 14.1. The minimum atomic E-state index is -0.871. The average molecular weight is 349 g/mol. The smallest absolute Gasteiger partial charge is 0.231 e. The van der Waals surface area contributed by atoms with Gasteiger partial charge in [0.25, 0.3) is 0 Å². The molecule has 6 heteroatoms. The van der Waals surface area contributed by atoms with Crippen LogP contribution in [0.15, 0.2) is 30.3 Å². The van der Waals surface area contributed by atoms with Crippen LogP contribution in [0.2, 0.25) is 0 Å². The highest BCUT2D eigenvalue weighted by Gasteiger charge is 2.51. The third kappa shape index (κ3) is 1.54. The van der Waals surface area contributed by atoms with Crippen molar-refractivity contribution in [1.82, 2.24) is 4.90 Å². The van der Waals surface area contributed by atoms with E-state index in [-0.39, 0.29) is 19.4 Å². The van der Waals surface area contributed by atoms with Gasteiger partial charge in [0, 0.05) is 6.54 Å². The van der Waals surface area contributed by atoms with Crippen LogP contribution in [0.1, 0.15) is 27.0 Å². The zero-order valence-corrected chi connectivity index (χ0v) is 14.1. The molecule has 2 aromatic carbocycles. The van der Waals surface area contributed by atoms with Gasteiger partial charge in [-0.2, -0.15) is 0 Å². The number of carbonyl (C=O) groups excluding carboxylic acids is 1. The van der Waals surface area contributed by atoms with Crippen LogP contribution in [-0.2, 0) is 12.1 Å². The molecule has 6 nitrogen and oxygen atoms in total. The number of hydrogen-bond donors (Lipinski definition) is 0. The van der Waals surface area contributed by atoms with E-state index in [1.807, 2.05) is 43.5 Å². The van der Waals surface area contributed by atoms with Gasteiger partial charge < -0.3 is 18.9 Å². The quantitative estimate of drug-likeness (QED) is 0.729. The van der Waals surface area contributed by atoms with E-state index in [0.29, 0.717) is 29.4 Å². The first-order valence-corrected chi connectivity index (χ1v) is 8.49. The fraction of sp³-hybridized carbons (Fsp3) is 0.250. The van der Waals surface area contributed by atoms with Crippen molar-refractivity contribution >= 4 is 11.9 Å². The molecule has 0 amide bonds. The molecule has 3 aliphatic heterocycles. The lowest BCUT2D eigenvalue weighted by atomic mass is 9.77. The summed E-state index contributed by atoms with van der Waals surface area (Å²) in [6.07, 6.45) is 3.95. The average Bonchev–Trinajstić information content (AvgIpc) is 3.36. The Morgan fingerprint density at radius 2 is 1.77 bits per heavy atom. The van der Waals surface area contributed by atoms with Gasteiger partial charge in [-0.15, -0.1) is 0 Å². The molecule has 130 valence electrons. The molecule has 2 aromatic rings. The summed E-state index contributed by atoms with van der Waals surface area (Å²) in [5.41, 5.74) is 2.59. The Morgan fingerprint density at radius 3 is 2.65 bits per heavy atom. The molecule has 1 unspecified atom stereocenters. The molecule has 0 fully saturated rings. The lowest BCUT2D eigenvalue weighted by Gasteiger charge is -2.41. The molecular formula is C20H15NO5. The maximum Gasteiger partial charge on any atom is 0.231 e. The van der Waals surface area contributed by atoms with Gasteiger partial charge in [-0.05, 0) is 41.9 Å². The summed E-state index contributed by atoms with van der Waals surface area (Å²) in [7, 11) is 1.97. The van der Waals surface area contributed by atoms with Gasteiger partial charge in [0.05, 0.1) is 5.56 Å². The number of fused-ring (bicyclic) bond motifs is 6. The highest BCUT2D eigenvalue weighted by molar-refractivity contribution is 6.11. The fourth-order valence-electron chi connectivity index (χ4n) is 4.39. The van der Waals surface area contributed by atoms with Crippen molar-refractivity contribution in [2.45, 2.75) is 12.1 Å². The molecule has 0 saturated carbocycles. The highest BCUT2D eigenvalue weighted by Crippen LogP contribution is 2.51. The van der Waals surface area contributed by atoms with E-state index in [9.17, 15) is 4.79 Å². The van der Waals surface area contributed by atoms with Gasteiger partial charge in [0.1, 0.15) is 5.54 Å². The number of nitrogens with zero attached hydrogens (tertiary/aromatic N) is 1. The SMILES string of the molecule is CN1Cc2ccc3c(c2C(=O)C12C=Cc1cc4c(cc12)OCO4)OCO3. The van der Waals surface area contributed by atoms with Crippen molar-refractivity contribution in [3.63, 3.8) is 0 Å². The Kier molecular flexibility index (Phi) is 2.51. The normalized spacial score (nSPS) is 24.3. The van der Waals surface area contributed by atoms with Gasteiger partial charge in [-0.1, -0.05) is 18.2 Å². The molecule has 3 heterocycles. The number of likely N-dealkylation sites (N-methyl/N-ethyl adjacent to an activating group) is 1. The van der Waals surface area contributed by atoms with Crippen molar-refractivity contribution in [1.29, 1.82) is 0 Å². The molecule has 0 radical (unpaired) electrons. The van der Waals surface area contributed by atoms with Gasteiger partial charge in [-0.25, -0.2) is 0 Å². The molecule has 0 aromatic heterocycles. The van der Waals surface area contributed by atoms with Crippen molar-refractivity contribution < 1.29 is 23.7 Å². The molecule has 0 saturated heterocycles. The molecule has 0 bridgehead atoms. The number of benzene rings is 2. The summed E-state index contributed by atoms with van der Waals surface area (Å²) in [5.74, 6) is 2.58. The molecule has 6 rings (SSSR count).